The van der Waals surface area contributed by atoms with E-state index in [0.717, 1.165) is 83.5 Å². The Balaban J connectivity index is 2.01. The van der Waals surface area contributed by atoms with Gasteiger partial charge < -0.3 is 24.1 Å². The summed E-state index contributed by atoms with van der Waals surface area (Å²) in [5.41, 5.74) is 0. The standard InChI is InChI=1S/C34H58F2O7/c1-5-6-7-15-22-34(35,36)31(38)21-20-28-27(17-12-10-8-9-11-13-18-32(39)41-25(2)3)29(42-26(4)37)24-30(28)43-33-19-14-16-23-40-33/h20-21,25,27-31,33,38H,5-19,22-24H2,1-4H3/b21-20+/t27-,28-,29+,30-,31?,33?/m1/s1. The molecule has 2 fully saturated rings. The van der Waals surface area contributed by atoms with Gasteiger partial charge in [0, 0.05) is 44.6 Å². The van der Waals surface area contributed by atoms with Crippen molar-refractivity contribution in [2.45, 2.75) is 173 Å². The molecule has 0 spiro atoms. The summed E-state index contributed by atoms with van der Waals surface area (Å²) >= 11 is 0. The van der Waals surface area contributed by atoms with E-state index in [-0.39, 0.29) is 54.8 Å². The fourth-order valence-electron chi connectivity index (χ4n) is 6.23. The van der Waals surface area contributed by atoms with Gasteiger partial charge in [0.05, 0.1) is 12.2 Å². The lowest BCUT2D eigenvalue weighted by Gasteiger charge is -2.29. The van der Waals surface area contributed by atoms with E-state index in [0.29, 0.717) is 25.9 Å². The molecular weight excluding hydrogens is 558 g/mol. The molecule has 43 heavy (non-hydrogen) atoms. The Hall–Kier alpha value is -1.58. The van der Waals surface area contributed by atoms with Crippen LogP contribution in [0.5, 0.6) is 0 Å². The molecular formula is C34H58F2O7. The number of esters is 2. The summed E-state index contributed by atoms with van der Waals surface area (Å²) in [5.74, 6) is -4.12. The van der Waals surface area contributed by atoms with Crippen LogP contribution < -0.4 is 0 Å². The van der Waals surface area contributed by atoms with Crippen molar-refractivity contribution < 1.29 is 42.4 Å². The molecule has 2 rings (SSSR count). The van der Waals surface area contributed by atoms with E-state index in [1.54, 1.807) is 6.08 Å². The van der Waals surface area contributed by atoms with Crippen LogP contribution in [0.1, 0.15) is 137 Å². The van der Waals surface area contributed by atoms with Crippen LogP contribution in [0.2, 0.25) is 0 Å². The molecule has 0 amide bonds. The molecule has 2 aliphatic rings. The molecule has 0 bridgehead atoms. The van der Waals surface area contributed by atoms with Crippen LogP contribution in [-0.2, 0) is 28.5 Å². The van der Waals surface area contributed by atoms with Crippen molar-refractivity contribution in [3.63, 3.8) is 0 Å². The molecule has 0 aromatic rings. The van der Waals surface area contributed by atoms with E-state index in [1.807, 2.05) is 20.8 Å². The van der Waals surface area contributed by atoms with E-state index in [1.165, 1.54) is 13.0 Å². The quantitative estimate of drug-likeness (QED) is 0.0792. The van der Waals surface area contributed by atoms with Crippen molar-refractivity contribution in [1.82, 2.24) is 0 Å². The Bertz CT molecular complexity index is 813. The zero-order valence-electron chi connectivity index (χ0n) is 27.1. The predicted molar refractivity (Wildman–Crippen MR) is 163 cm³/mol. The maximum absolute atomic E-state index is 14.8. The summed E-state index contributed by atoms with van der Waals surface area (Å²) in [6, 6.07) is 0. The minimum Gasteiger partial charge on any atom is -0.463 e. The Labute approximate surface area is 258 Å². The molecule has 0 aromatic heterocycles. The summed E-state index contributed by atoms with van der Waals surface area (Å²) in [5, 5.41) is 10.5. The fourth-order valence-corrected chi connectivity index (χ4v) is 6.23. The summed E-state index contributed by atoms with van der Waals surface area (Å²) in [7, 11) is 0. The Kier molecular flexibility index (Phi) is 17.9. The molecule has 1 N–H and O–H groups in total. The monoisotopic (exact) mass is 616 g/mol. The number of hydrogen-bond acceptors (Lipinski definition) is 7. The van der Waals surface area contributed by atoms with Gasteiger partial charge in [0.1, 0.15) is 12.2 Å². The predicted octanol–water partition coefficient (Wildman–Crippen LogP) is 8.06. The van der Waals surface area contributed by atoms with Crippen LogP contribution in [0.25, 0.3) is 0 Å². The molecule has 250 valence electrons. The summed E-state index contributed by atoms with van der Waals surface area (Å²) in [6.45, 7) is 7.73. The Morgan fingerprint density at radius 1 is 1.00 bits per heavy atom. The summed E-state index contributed by atoms with van der Waals surface area (Å²) in [6.07, 6.45) is 12.5. The number of rotatable bonds is 21. The number of carbonyl (C=O) groups excluding carboxylic acids is 2. The molecule has 1 aliphatic carbocycles. The molecule has 1 heterocycles. The van der Waals surface area contributed by atoms with Gasteiger partial charge >= 0.3 is 11.9 Å². The van der Waals surface area contributed by atoms with Crippen molar-refractivity contribution >= 4 is 11.9 Å². The van der Waals surface area contributed by atoms with Gasteiger partial charge in [-0.25, -0.2) is 8.78 Å². The van der Waals surface area contributed by atoms with Crippen molar-refractivity contribution in [3.05, 3.63) is 12.2 Å². The van der Waals surface area contributed by atoms with Crippen LogP contribution in [-0.4, -0.2) is 60.3 Å². The number of halogens is 2. The third kappa shape index (κ3) is 14.8. The van der Waals surface area contributed by atoms with E-state index < -0.39 is 12.0 Å². The first-order valence-corrected chi connectivity index (χ1v) is 16.9. The number of alkyl halides is 2. The smallest absolute Gasteiger partial charge is 0.306 e. The Morgan fingerprint density at radius 2 is 1.70 bits per heavy atom. The normalized spacial score (nSPS) is 25.3. The summed E-state index contributed by atoms with van der Waals surface area (Å²) in [4.78, 5) is 23.7. The van der Waals surface area contributed by atoms with E-state index in [2.05, 4.69) is 0 Å². The van der Waals surface area contributed by atoms with Gasteiger partial charge in [-0.1, -0.05) is 70.4 Å². The molecule has 0 radical (unpaired) electrons. The highest BCUT2D eigenvalue weighted by atomic mass is 19.3. The first kappa shape index (κ1) is 37.6. The van der Waals surface area contributed by atoms with Crippen molar-refractivity contribution in [2.24, 2.45) is 11.8 Å². The first-order chi connectivity index (χ1) is 20.5. The van der Waals surface area contributed by atoms with Gasteiger partial charge in [0.15, 0.2) is 6.29 Å². The average molecular weight is 617 g/mol. The van der Waals surface area contributed by atoms with E-state index in [9.17, 15) is 23.5 Å². The highest BCUT2D eigenvalue weighted by molar-refractivity contribution is 5.69. The van der Waals surface area contributed by atoms with Gasteiger partial charge in [0.2, 0.25) is 0 Å². The maximum Gasteiger partial charge on any atom is 0.306 e. The zero-order chi connectivity index (χ0) is 31.7. The molecule has 7 nitrogen and oxygen atoms in total. The number of aliphatic hydroxyl groups excluding tert-OH is 1. The van der Waals surface area contributed by atoms with Crippen molar-refractivity contribution in [2.75, 3.05) is 6.61 Å². The van der Waals surface area contributed by atoms with Crippen molar-refractivity contribution in [3.8, 4) is 0 Å². The first-order valence-electron chi connectivity index (χ1n) is 16.9. The van der Waals surface area contributed by atoms with E-state index >= 15 is 0 Å². The number of carbonyl (C=O) groups is 2. The lowest BCUT2D eigenvalue weighted by Crippen LogP contribution is -2.33. The average Bonchev–Trinajstić information content (AvgIpc) is 3.25. The molecule has 6 atom stereocenters. The highest BCUT2D eigenvalue weighted by Crippen LogP contribution is 2.42. The minimum atomic E-state index is -3.21. The van der Waals surface area contributed by atoms with Gasteiger partial charge in [-0.3, -0.25) is 9.59 Å². The second-order valence-corrected chi connectivity index (χ2v) is 12.7. The molecule has 0 aromatic carbocycles. The zero-order valence-corrected chi connectivity index (χ0v) is 27.1. The number of unbranched alkanes of at least 4 members (excludes halogenated alkanes) is 8. The highest BCUT2D eigenvalue weighted by Gasteiger charge is 2.46. The molecule has 1 saturated carbocycles. The second kappa shape index (κ2) is 20.5. The second-order valence-electron chi connectivity index (χ2n) is 12.7. The number of aliphatic hydroxyl groups is 1. The topological polar surface area (TPSA) is 91.3 Å². The molecule has 1 saturated heterocycles. The van der Waals surface area contributed by atoms with Gasteiger partial charge in [-0.05, 0) is 52.4 Å². The maximum atomic E-state index is 14.8. The van der Waals surface area contributed by atoms with Crippen molar-refractivity contribution in [1.29, 1.82) is 0 Å². The third-order valence-electron chi connectivity index (χ3n) is 8.50. The van der Waals surface area contributed by atoms with Crippen LogP contribution in [0.15, 0.2) is 12.2 Å². The lowest BCUT2D eigenvalue weighted by atomic mass is 9.87. The van der Waals surface area contributed by atoms with Crippen LogP contribution in [0, 0.1) is 11.8 Å². The summed E-state index contributed by atoms with van der Waals surface area (Å²) < 4.78 is 52.6. The SMILES string of the molecule is CCCCCCC(F)(F)C(O)/C=C/[C@@H]1[C@@H](CCCCCCCCC(=O)OC(C)C)[C@@H](OC(C)=O)C[C@H]1OC1CCCCO1. The van der Waals surface area contributed by atoms with Crippen LogP contribution in [0.3, 0.4) is 0 Å². The van der Waals surface area contributed by atoms with Gasteiger partial charge in [-0.2, -0.15) is 0 Å². The largest absolute Gasteiger partial charge is 0.463 e. The van der Waals surface area contributed by atoms with Crippen LogP contribution in [0.4, 0.5) is 8.78 Å². The van der Waals surface area contributed by atoms with E-state index in [4.69, 9.17) is 18.9 Å². The molecule has 9 heteroatoms. The molecule has 2 unspecified atom stereocenters. The fraction of sp³-hybridized carbons (Fsp3) is 0.882. The third-order valence-corrected chi connectivity index (χ3v) is 8.50. The minimum absolute atomic E-state index is 0.0898. The van der Waals surface area contributed by atoms with Gasteiger partial charge in [0.25, 0.3) is 5.92 Å². The van der Waals surface area contributed by atoms with Crippen LogP contribution >= 0.6 is 0 Å². The Morgan fingerprint density at radius 3 is 2.35 bits per heavy atom. The van der Waals surface area contributed by atoms with Gasteiger partial charge in [-0.15, -0.1) is 0 Å². The molecule has 1 aliphatic heterocycles. The lowest BCUT2D eigenvalue weighted by molar-refractivity contribution is -0.193. The number of hydrogen-bond donors (Lipinski definition) is 1. The number of ether oxygens (including phenoxy) is 4.